The maximum atomic E-state index is 12.9. The second-order valence-corrected chi connectivity index (χ2v) is 8.89. The van der Waals surface area contributed by atoms with E-state index in [0.29, 0.717) is 18.0 Å². The molecule has 0 bridgehead atoms. The minimum Gasteiger partial charge on any atom is -0.497 e. The highest BCUT2D eigenvalue weighted by atomic mass is 16.5. The van der Waals surface area contributed by atoms with E-state index in [2.05, 4.69) is 45.6 Å². The standard InChI is InChI=1S/C28H28N6O2/c1-18-6-5-7-21(14-18)16-33-19(2)15-25(32-33)30-26(35)17-34-28-27(20(3)31-34)24(12-13-29-28)22-8-10-23(36-4)11-9-22/h5-15H,16-17H2,1-4H3,(H,30,32,35). The molecule has 0 aliphatic carbocycles. The summed E-state index contributed by atoms with van der Waals surface area (Å²) in [5, 5.41) is 13.0. The van der Waals surface area contributed by atoms with E-state index in [1.807, 2.05) is 61.0 Å². The van der Waals surface area contributed by atoms with Crippen LogP contribution in [-0.4, -0.2) is 37.6 Å². The summed E-state index contributed by atoms with van der Waals surface area (Å²) in [6, 6.07) is 20.0. The first kappa shape index (κ1) is 23.3. The molecule has 2 aromatic carbocycles. The number of pyridine rings is 1. The number of methoxy groups -OCH3 is 1. The predicted octanol–water partition coefficient (Wildman–Crippen LogP) is 4.92. The number of ether oxygens (including phenoxy) is 1. The van der Waals surface area contributed by atoms with E-state index >= 15 is 0 Å². The molecule has 8 nitrogen and oxygen atoms in total. The Morgan fingerprint density at radius 1 is 0.972 bits per heavy atom. The van der Waals surface area contributed by atoms with E-state index in [1.54, 1.807) is 18.0 Å². The number of hydrogen-bond acceptors (Lipinski definition) is 5. The van der Waals surface area contributed by atoms with Gasteiger partial charge in [-0.15, -0.1) is 0 Å². The summed E-state index contributed by atoms with van der Waals surface area (Å²) in [4.78, 5) is 17.5. The monoisotopic (exact) mass is 480 g/mol. The van der Waals surface area contributed by atoms with Gasteiger partial charge in [-0.05, 0) is 55.7 Å². The average Bonchev–Trinajstić information content (AvgIpc) is 3.37. The molecule has 1 amide bonds. The molecule has 0 saturated carbocycles. The first-order valence-electron chi connectivity index (χ1n) is 11.8. The van der Waals surface area contributed by atoms with E-state index in [-0.39, 0.29) is 12.5 Å². The Bertz CT molecular complexity index is 1550. The number of anilines is 1. The summed E-state index contributed by atoms with van der Waals surface area (Å²) in [5.41, 5.74) is 6.86. The molecule has 1 N–H and O–H groups in total. The Morgan fingerprint density at radius 3 is 2.53 bits per heavy atom. The van der Waals surface area contributed by atoms with Crippen LogP contribution in [0.25, 0.3) is 22.2 Å². The Labute approximate surface area is 209 Å². The van der Waals surface area contributed by atoms with Crippen molar-refractivity contribution in [2.45, 2.75) is 33.9 Å². The number of carbonyl (C=O) groups excluding carboxylic acids is 1. The molecule has 0 aliphatic rings. The van der Waals surface area contributed by atoms with Crippen LogP contribution in [0, 0.1) is 20.8 Å². The van der Waals surface area contributed by atoms with Crippen LogP contribution in [0.3, 0.4) is 0 Å². The van der Waals surface area contributed by atoms with Crippen LogP contribution in [-0.2, 0) is 17.9 Å². The van der Waals surface area contributed by atoms with Gasteiger partial charge in [0.2, 0.25) is 5.91 Å². The number of nitrogens with zero attached hydrogens (tertiary/aromatic N) is 5. The molecule has 0 radical (unpaired) electrons. The van der Waals surface area contributed by atoms with Gasteiger partial charge in [0, 0.05) is 23.3 Å². The highest BCUT2D eigenvalue weighted by Gasteiger charge is 2.17. The number of carbonyl (C=O) groups is 1. The predicted molar refractivity (Wildman–Crippen MR) is 140 cm³/mol. The average molecular weight is 481 g/mol. The fourth-order valence-electron chi connectivity index (χ4n) is 4.44. The molecule has 0 unspecified atom stereocenters. The van der Waals surface area contributed by atoms with Gasteiger partial charge in [0.05, 0.1) is 19.3 Å². The lowest BCUT2D eigenvalue weighted by molar-refractivity contribution is -0.116. The van der Waals surface area contributed by atoms with Crippen molar-refractivity contribution < 1.29 is 9.53 Å². The normalized spacial score (nSPS) is 11.1. The maximum absolute atomic E-state index is 12.9. The zero-order valence-corrected chi connectivity index (χ0v) is 20.8. The van der Waals surface area contributed by atoms with Gasteiger partial charge >= 0.3 is 0 Å². The third kappa shape index (κ3) is 4.70. The smallest absolute Gasteiger partial charge is 0.247 e. The lowest BCUT2D eigenvalue weighted by Gasteiger charge is -2.07. The molecule has 8 heteroatoms. The SMILES string of the molecule is COc1ccc(-c2ccnc3c2c(C)nn3CC(=O)Nc2cc(C)n(Cc3cccc(C)c3)n2)cc1. The summed E-state index contributed by atoms with van der Waals surface area (Å²) < 4.78 is 8.81. The summed E-state index contributed by atoms with van der Waals surface area (Å²) in [6.45, 7) is 6.66. The number of aryl methyl sites for hydroxylation is 3. The topological polar surface area (TPSA) is 86.9 Å². The first-order chi connectivity index (χ1) is 17.4. The van der Waals surface area contributed by atoms with Gasteiger partial charge in [-0.25, -0.2) is 9.67 Å². The molecular weight excluding hydrogens is 452 g/mol. The van der Waals surface area contributed by atoms with Crippen LogP contribution in [0.5, 0.6) is 5.75 Å². The van der Waals surface area contributed by atoms with Crippen LogP contribution >= 0.6 is 0 Å². The summed E-state index contributed by atoms with van der Waals surface area (Å²) in [7, 11) is 1.65. The largest absolute Gasteiger partial charge is 0.497 e. The van der Waals surface area contributed by atoms with Crippen molar-refractivity contribution >= 4 is 22.8 Å². The summed E-state index contributed by atoms with van der Waals surface area (Å²) in [5.74, 6) is 1.10. The first-order valence-corrected chi connectivity index (χ1v) is 11.8. The van der Waals surface area contributed by atoms with Crippen molar-refractivity contribution in [2.75, 3.05) is 12.4 Å². The van der Waals surface area contributed by atoms with Crippen LogP contribution < -0.4 is 10.1 Å². The Kier molecular flexibility index (Phi) is 6.25. The van der Waals surface area contributed by atoms with E-state index in [9.17, 15) is 4.79 Å². The molecule has 5 rings (SSSR count). The van der Waals surface area contributed by atoms with Crippen molar-refractivity contribution in [3.8, 4) is 16.9 Å². The van der Waals surface area contributed by atoms with Crippen LogP contribution in [0.2, 0.25) is 0 Å². The quantitative estimate of drug-likeness (QED) is 0.357. The second kappa shape index (κ2) is 9.65. The number of nitrogens with one attached hydrogen (secondary N) is 1. The van der Waals surface area contributed by atoms with Crippen molar-refractivity contribution in [1.29, 1.82) is 0 Å². The number of rotatable bonds is 7. The molecule has 0 spiro atoms. The highest BCUT2D eigenvalue weighted by molar-refractivity contribution is 5.96. The summed E-state index contributed by atoms with van der Waals surface area (Å²) in [6.07, 6.45) is 1.74. The van der Waals surface area contributed by atoms with Crippen molar-refractivity contribution in [2.24, 2.45) is 0 Å². The van der Waals surface area contributed by atoms with Gasteiger partial charge in [0.1, 0.15) is 12.3 Å². The van der Waals surface area contributed by atoms with Crippen LogP contribution in [0.4, 0.5) is 5.82 Å². The van der Waals surface area contributed by atoms with Crippen molar-refractivity contribution in [3.05, 3.63) is 89.4 Å². The van der Waals surface area contributed by atoms with Gasteiger partial charge in [0.25, 0.3) is 0 Å². The molecular formula is C28H28N6O2. The molecule has 5 aromatic rings. The van der Waals surface area contributed by atoms with Gasteiger partial charge in [-0.2, -0.15) is 10.2 Å². The molecule has 3 aromatic heterocycles. The lowest BCUT2D eigenvalue weighted by atomic mass is 10.0. The molecule has 36 heavy (non-hydrogen) atoms. The van der Waals surface area contributed by atoms with Crippen LogP contribution in [0.1, 0.15) is 22.5 Å². The molecule has 0 saturated heterocycles. The van der Waals surface area contributed by atoms with E-state index in [1.165, 1.54) is 5.56 Å². The number of amides is 1. The van der Waals surface area contributed by atoms with Gasteiger partial charge in [0.15, 0.2) is 11.5 Å². The van der Waals surface area contributed by atoms with E-state index in [0.717, 1.165) is 39.2 Å². The fraction of sp³-hybridized carbons (Fsp3) is 0.214. The maximum Gasteiger partial charge on any atom is 0.247 e. The molecule has 0 atom stereocenters. The molecule has 0 aliphatic heterocycles. The minimum absolute atomic E-state index is 0.0349. The van der Waals surface area contributed by atoms with Gasteiger partial charge in [-0.1, -0.05) is 42.0 Å². The number of aromatic nitrogens is 5. The number of hydrogen-bond donors (Lipinski definition) is 1. The van der Waals surface area contributed by atoms with Crippen molar-refractivity contribution in [3.63, 3.8) is 0 Å². The zero-order chi connectivity index (χ0) is 25.2. The molecule has 182 valence electrons. The lowest BCUT2D eigenvalue weighted by Crippen LogP contribution is -2.20. The zero-order valence-electron chi connectivity index (χ0n) is 20.8. The Morgan fingerprint density at radius 2 is 1.78 bits per heavy atom. The van der Waals surface area contributed by atoms with Crippen LogP contribution in [0.15, 0.2) is 66.9 Å². The Balaban J connectivity index is 1.35. The van der Waals surface area contributed by atoms with E-state index < -0.39 is 0 Å². The van der Waals surface area contributed by atoms with E-state index in [4.69, 9.17) is 4.74 Å². The number of fused-ring (bicyclic) bond motifs is 1. The molecule has 3 heterocycles. The summed E-state index contributed by atoms with van der Waals surface area (Å²) >= 11 is 0. The molecule has 0 fully saturated rings. The number of benzene rings is 2. The van der Waals surface area contributed by atoms with Crippen molar-refractivity contribution in [1.82, 2.24) is 24.5 Å². The second-order valence-electron chi connectivity index (χ2n) is 8.89. The third-order valence-corrected chi connectivity index (χ3v) is 6.17. The van der Waals surface area contributed by atoms with Gasteiger partial charge in [-0.3, -0.25) is 9.48 Å². The Hall–Kier alpha value is -4.46. The minimum atomic E-state index is -0.212. The third-order valence-electron chi connectivity index (χ3n) is 6.17. The fourth-order valence-corrected chi connectivity index (χ4v) is 4.44. The van der Waals surface area contributed by atoms with Gasteiger partial charge < -0.3 is 10.1 Å². The highest BCUT2D eigenvalue weighted by Crippen LogP contribution is 2.31.